The Morgan fingerprint density at radius 1 is 1.11 bits per heavy atom. The molecule has 0 saturated heterocycles. The van der Waals surface area contributed by atoms with Gasteiger partial charge in [0.15, 0.2) is 0 Å². The first-order valence-corrected chi connectivity index (χ1v) is 6.72. The summed E-state index contributed by atoms with van der Waals surface area (Å²) in [6.45, 7) is 0. The van der Waals surface area contributed by atoms with E-state index in [9.17, 15) is 14.3 Å². The van der Waals surface area contributed by atoms with Crippen LogP contribution in [0.15, 0.2) is 59.5 Å². The lowest BCUT2D eigenvalue weighted by Gasteiger charge is -2.12. The van der Waals surface area contributed by atoms with Gasteiger partial charge in [0.25, 0.3) is 0 Å². The molecular formula is C15H13FO2S. The average Bonchev–Trinajstić information content (AvgIpc) is 2.41. The van der Waals surface area contributed by atoms with Crippen LogP contribution >= 0.6 is 11.8 Å². The van der Waals surface area contributed by atoms with Gasteiger partial charge in [-0.3, -0.25) is 4.79 Å². The van der Waals surface area contributed by atoms with Gasteiger partial charge in [-0.25, -0.2) is 4.39 Å². The van der Waals surface area contributed by atoms with Gasteiger partial charge in [-0.05, 0) is 30.2 Å². The van der Waals surface area contributed by atoms with Crippen LogP contribution in [0.25, 0.3) is 0 Å². The Labute approximate surface area is 115 Å². The molecule has 4 heteroatoms. The quantitative estimate of drug-likeness (QED) is 0.848. The molecule has 0 heterocycles. The SMILES string of the molecule is O=C(O)C(Cc1ccccc1F)Sc1ccccc1. The lowest BCUT2D eigenvalue weighted by Crippen LogP contribution is -2.19. The van der Waals surface area contributed by atoms with E-state index in [0.29, 0.717) is 5.56 Å². The Balaban J connectivity index is 2.13. The molecule has 1 unspecified atom stereocenters. The molecule has 0 aliphatic rings. The Bertz CT molecular complexity index is 557. The molecule has 2 aromatic carbocycles. The number of carboxylic acids is 1. The van der Waals surface area contributed by atoms with Crippen LogP contribution in [0, 0.1) is 5.82 Å². The Morgan fingerprint density at radius 3 is 2.37 bits per heavy atom. The van der Waals surface area contributed by atoms with Crippen molar-refractivity contribution in [2.24, 2.45) is 0 Å². The van der Waals surface area contributed by atoms with Gasteiger partial charge in [0.1, 0.15) is 11.1 Å². The maximum Gasteiger partial charge on any atom is 0.317 e. The number of rotatable bonds is 5. The van der Waals surface area contributed by atoms with Crippen molar-refractivity contribution in [3.05, 3.63) is 66.0 Å². The first kappa shape index (κ1) is 13.6. The van der Waals surface area contributed by atoms with E-state index < -0.39 is 11.2 Å². The standard InChI is InChI=1S/C15H13FO2S/c16-13-9-5-4-6-11(13)10-14(15(17)18)19-12-7-2-1-3-8-12/h1-9,14H,10H2,(H,17,18). The lowest BCUT2D eigenvalue weighted by atomic mass is 10.1. The third-order valence-electron chi connectivity index (χ3n) is 2.66. The molecule has 2 aromatic rings. The normalized spacial score (nSPS) is 12.1. The van der Waals surface area contributed by atoms with Crippen molar-refractivity contribution in [2.75, 3.05) is 0 Å². The topological polar surface area (TPSA) is 37.3 Å². The molecule has 0 fully saturated rings. The van der Waals surface area contributed by atoms with Gasteiger partial charge in [0, 0.05) is 4.90 Å². The van der Waals surface area contributed by atoms with Crippen molar-refractivity contribution in [2.45, 2.75) is 16.6 Å². The molecule has 0 spiro atoms. The number of halogens is 1. The Morgan fingerprint density at radius 2 is 1.74 bits per heavy atom. The smallest absolute Gasteiger partial charge is 0.317 e. The number of carbonyl (C=O) groups is 1. The largest absolute Gasteiger partial charge is 0.480 e. The van der Waals surface area contributed by atoms with Crippen molar-refractivity contribution < 1.29 is 14.3 Å². The molecule has 2 rings (SSSR count). The summed E-state index contributed by atoms with van der Waals surface area (Å²) >= 11 is 1.23. The maximum absolute atomic E-state index is 13.5. The minimum Gasteiger partial charge on any atom is -0.480 e. The molecule has 0 radical (unpaired) electrons. The number of hydrogen-bond acceptors (Lipinski definition) is 2. The maximum atomic E-state index is 13.5. The Hall–Kier alpha value is -1.81. The number of benzene rings is 2. The van der Waals surface area contributed by atoms with Crippen LogP contribution in [0.4, 0.5) is 4.39 Å². The molecule has 2 nitrogen and oxygen atoms in total. The van der Waals surface area contributed by atoms with E-state index in [4.69, 9.17) is 0 Å². The number of thioether (sulfide) groups is 1. The molecule has 0 aliphatic carbocycles. The Kier molecular flexibility index (Phi) is 4.58. The molecule has 0 bridgehead atoms. The van der Waals surface area contributed by atoms with E-state index >= 15 is 0 Å². The van der Waals surface area contributed by atoms with E-state index in [1.54, 1.807) is 18.2 Å². The van der Waals surface area contributed by atoms with Crippen molar-refractivity contribution in [3.8, 4) is 0 Å². The van der Waals surface area contributed by atoms with Crippen LogP contribution in [-0.4, -0.2) is 16.3 Å². The van der Waals surface area contributed by atoms with Gasteiger partial charge in [-0.15, -0.1) is 11.8 Å². The van der Waals surface area contributed by atoms with Crippen molar-refractivity contribution in [1.82, 2.24) is 0 Å². The zero-order valence-electron chi connectivity index (χ0n) is 10.1. The first-order chi connectivity index (χ1) is 9.16. The third-order valence-corrected chi connectivity index (χ3v) is 3.86. The minimum absolute atomic E-state index is 0.168. The van der Waals surface area contributed by atoms with Gasteiger partial charge >= 0.3 is 5.97 Å². The highest BCUT2D eigenvalue weighted by Gasteiger charge is 2.20. The highest BCUT2D eigenvalue weighted by atomic mass is 32.2. The average molecular weight is 276 g/mol. The van der Waals surface area contributed by atoms with Crippen LogP contribution in [0.2, 0.25) is 0 Å². The fourth-order valence-electron chi connectivity index (χ4n) is 1.71. The van der Waals surface area contributed by atoms with E-state index in [-0.39, 0.29) is 12.2 Å². The first-order valence-electron chi connectivity index (χ1n) is 5.85. The molecule has 0 amide bonds. The summed E-state index contributed by atoms with van der Waals surface area (Å²) in [6.07, 6.45) is 0.168. The second kappa shape index (κ2) is 6.38. The minimum atomic E-state index is -0.933. The summed E-state index contributed by atoms with van der Waals surface area (Å²) in [5.41, 5.74) is 0.429. The van der Waals surface area contributed by atoms with E-state index in [0.717, 1.165) is 4.90 Å². The molecule has 19 heavy (non-hydrogen) atoms. The third kappa shape index (κ3) is 3.83. The van der Waals surface area contributed by atoms with Crippen LogP contribution < -0.4 is 0 Å². The van der Waals surface area contributed by atoms with E-state index in [1.807, 2.05) is 30.3 Å². The summed E-state index contributed by atoms with van der Waals surface area (Å²) < 4.78 is 13.5. The fraction of sp³-hybridized carbons (Fsp3) is 0.133. The van der Waals surface area contributed by atoms with Gasteiger partial charge in [-0.1, -0.05) is 36.4 Å². The molecule has 98 valence electrons. The van der Waals surface area contributed by atoms with Gasteiger partial charge in [0.05, 0.1) is 0 Å². The van der Waals surface area contributed by atoms with Gasteiger partial charge in [-0.2, -0.15) is 0 Å². The predicted octanol–water partition coefficient (Wildman–Crippen LogP) is 3.61. The van der Waals surface area contributed by atoms with E-state index in [1.165, 1.54) is 17.8 Å². The van der Waals surface area contributed by atoms with Crippen molar-refractivity contribution >= 4 is 17.7 Å². The molecule has 1 N–H and O–H groups in total. The fourth-order valence-corrected chi connectivity index (χ4v) is 2.71. The number of aliphatic carboxylic acids is 1. The van der Waals surface area contributed by atoms with Crippen molar-refractivity contribution in [3.63, 3.8) is 0 Å². The molecule has 1 atom stereocenters. The summed E-state index contributed by atoms with van der Waals surface area (Å²) in [6, 6.07) is 15.6. The molecule has 0 aromatic heterocycles. The highest BCUT2D eigenvalue weighted by Crippen LogP contribution is 2.26. The second-order valence-electron chi connectivity index (χ2n) is 4.05. The van der Waals surface area contributed by atoms with E-state index in [2.05, 4.69) is 0 Å². The summed E-state index contributed by atoms with van der Waals surface area (Å²) in [7, 11) is 0. The monoisotopic (exact) mass is 276 g/mol. The van der Waals surface area contributed by atoms with Crippen LogP contribution in [0.3, 0.4) is 0 Å². The van der Waals surface area contributed by atoms with Crippen LogP contribution in [0.5, 0.6) is 0 Å². The summed E-state index contributed by atoms with van der Waals surface area (Å²) in [5.74, 6) is -1.29. The lowest BCUT2D eigenvalue weighted by molar-refractivity contribution is -0.136. The predicted molar refractivity (Wildman–Crippen MR) is 73.8 cm³/mol. The molecular weight excluding hydrogens is 263 g/mol. The molecule has 0 saturated carbocycles. The van der Waals surface area contributed by atoms with Crippen LogP contribution in [-0.2, 0) is 11.2 Å². The van der Waals surface area contributed by atoms with Gasteiger partial charge < -0.3 is 5.11 Å². The summed E-state index contributed by atoms with van der Waals surface area (Å²) in [5, 5.41) is 8.55. The number of hydrogen-bond donors (Lipinski definition) is 1. The molecule has 0 aliphatic heterocycles. The second-order valence-corrected chi connectivity index (χ2v) is 5.33. The van der Waals surface area contributed by atoms with Gasteiger partial charge in [0.2, 0.25) is 0 Å². The zero-order valence-corrected chi connectivity index (χ0v) is 10.9. The zero-order chi connectivity index (χ0) is 13.7. The highest BCUT2D eigenvalue weighted by molar-refractivity contribution is 8.00. The summed E-state index contributed by atoms with van der Waals surface area (Å²) in [4.78, 5) is 12.1. The van der Waals surface area contributed by atoms with Crippen LogP contribution in [0.1, 0.15) is 5.56 Å². The number of carboxylic acid groups (broad SMARTS) is 1. The van der Waals surface area contributed by atoms with Crippen molar-refractivity contribution in [1.29, 1.82) is 0 Å².